The molecule has 0 aliphatic heterocycles. The Hall–Kier alpha value is -2.54. The molecule has 0 radical (unpaired) electrons. The number of hydrogen-bond donors (Lipinski definition) is 1. The number of sulfonamides is 1. The molecule has 2 rings (SSSR count). The van der Waals surface area contributed by atoms with Gasteiger partial charge in [-0.05, 0) is 56.2 Å². The summed E-state index contributed by atoms with van der Waals surface area (Å²) in [6, 6.07) is 11.0. The molecule has 0 saturated carbocycles. The van der Waals surface area contributed by atoms with Crippen molar-refractivity contribution in [3.05, 3.63) is 53.1 Å². The number of carbonyl (C=O) groups excluding carboxylic acids is 1. The third-order valence-electron chi connectivity index (χ3n) is 4.28. The molecule has 2 aromatic rings. The summed E-state index contributed by atoms with van der Waals surface area (Å²) >= 11 is 0. The average molecular weight is 390 g/mol. The van der Waals surface area contributed by atoms with Crippen molar-refractivity contribution in [3.8, 4) is 0 Å². The van der Waals surface area contributed by atoms with Crippen molar-refractivity contribution >= 4 is 33.0 Å². The van der Waals surface area contributed by atoms with Crippen LogP contribution in [0.25, 0.3) is 0 Å². The van der Waals surface area contributed by atoms with Crippen LogP contribution < -0.4 is 14.5 Å². The van der Waals surface area contributed by atoms with E-state index in [2.05, 4.69) is 5.32 Å². The molecule has 0 spiro atoms. The number of aryl methyl sites for hydroxylation is 3. The highest BCUT2D eigenvalue weighted by Gasteiger charge is 2.21. The van der Waals surface area contributed by atoms with E-state index in [-0.39, 0.29) is 12.5 Å². The van der Waals surface area contributed by atoms with Gasteiger partial charge in [-0.15, -0.1) is 0 Å². The quantitative estimate of drug-likeness (QED) is 0.824. The average Bonchev–Trinajstić information content (AvgIpc) is 2.55. The molecule has 1 N–H and O–H groups in total. The number of benzene rings is 2. The van der Waals surface area contributed by atoms with E-state index in [9.17, 15) is 13.2 Å². The van der Waals surface area contributed by atoms with Gasteiger partial charge in [0.2, 0.25) is 15.9 Å². The van der Waals surface area contributed by atoms with Crippen LogP contribution >= 0.6 is 0 Å². The van der Waals surface area contributed by atoms with Crippen molar-refractivity contribution in [2.45, 2.75) is 20.8 Å². The Kier molecular flexibility index (Phi) is 6.15. The van der Waals surface area contributed by atoms with Gasteiger partial charge >= 0.3 is 0 Å². The van der Waals surface area contributed by atoms with Gasteiger partial charge in [0.05, 0.1) is 11.9 Å². The maximum atomic E-state index is 12.6. The predicted molar refractivity (Wildman–Crippen MR) is 112 cm³/mol. The first kappa shape index (κ1) is 20.8. The summed E-state index contributed by atoms with van der Waals surface area (Å²) in [7, 11) is 0.205. The van der Waals surface area contributed by atoms with E-state index in [1.54, 1.807) is 12.1 Å². The molecule has 27 heavy (non-hydrogen) atoms. The van der Waals surface area contributed by atoms with E-state index in [1.807, 2.05) is 64.0 Å². The van der Waals surface area contributed by atoms with E-state index in [0.717, 1.165) is 38.6 Å². The minimum atomic E-state index is -3.61. The fraction of sp³-hybridized carbons (Fsp3) is 0.350. The van der Waals surface area contributed by atoms with Gasteiger partial charge in [-0.3, -0.25) is 9.10 Å². The zero-order valence-electron chi connectivity index (χ0n) is 16.7. The van der Waals surface area contributed by atoms with Crippen LogP contribution in [-0.4, -0.2) is 41.2 Å². The second-order valence-corrected chi connectivity index (χ2v) is 8.91. The number of hydrogen-bond acceptors (Lipinski definition) is 4. The molecule has 0 unspecified atom stereocenters. The van der Waals surface area contributed by atoms with Gasteiger partial charge in [0.1, 0.15) is 6.54 Å². The van der Waals surface area contributed by atoms with E-state index in [4.69, 9.17) is 0 Å². The summed E-state index contributed by atoms with van der Waals surface area (Å²) in [6.07, 6.45) is 1.10. The Morgan fingerprint density at radius 2 is 1.44 bits per heavy atom. The lowest BCUT2D eigenvalue weighted by Gasteiger charge is -2.23. The molecule has 0 fully saturated rings. The Morgan fingerprint density at radius 3 is 1.89 bits per heavy atom. The number of rotatable bonds is 6. The van der Waals surface area contributed by atoms with Crippen LogP contribution in [-0.2, 0) is 14.8 Å². The van der Waals surface area contributed by atoms with E-state index in [1.165, 1.54) is 0 Å². The van der Waals surface area contributed by atoms with Gasteiger partial charge in [-0.2, -0.15) is 0 Å². The smallest absolute Gasteiger partial charge is 0.245 e. The first-order chi connectivity index (χ1) is 12.5. The van der Waals surface area contributed by atoms with Crippen molar-refractivity contribution in [3.63, 3.8) is 0 Å². The van der Waals surface area contributed by atoms with Gasteiger partial charge in [0.25, 0.3) is 0 Å². The minimum Gasteiger partial charge on any atom is -0.378 e. The maximum absolute atomic E-state index is 12.6. The van der Waals surface area contributed by atoms with Crippen LogP contribution in [0, 0.1) is 20.8 Å². The molecular formula is C20H27N3O3S. The third kappa shape index (κ3) is 5.23. The Labute approximate surface area is 161 Å². The largest absolute Gasteiger partial charge is 0.378 e. The van der Waals surface area contributed by atoms with Crippen LogP contribution in [0.5, 0.6) is 0 Å². The summed E-state index contributed by atoms with van der Waals surface area (Å²) in [6.45, 7) is 5.55. The zero-order chi connectivity index (χ0) is 20.4. The molecule has 0 atom stereocenters. The first-order valence-corrected chi connectivity index (χ1v) is 10.5. The van der Waals surface area contributed by atoms with Crippen LogP contribution in [0.4, 0.5) is 17.1 Å². The molecule has 0 heterocycles. The van der Waals surface area contributed by atoms with Crippen molar-refractivity contribution in [1.29, 1.82) is 0 Å². The highest BCUT2D eigenvalue weighted by Crippen LogP contribution is 2.24. The van der Waals surface area contributed by atoms with Crippen molar-refractivity contribution in [2.24, 2.45) is 0 Å². The fourth-order valence-electron chi connectivity index (χ4n) is 3.00. The number of anilines is 3. The van der Waals surface area contributed by atoms with Crippen LogP contribution in [0.15, 0.2) is 36.4 Å². The normalized spacial score (nSPS) is 11.2. The Balaban J connectivity index is 2.25. The zero-order valence-corrected chi connectivity index (χ0v) is 17.5. The highest BCUT2D eigenvalue weighted by molar-refractivity contribution is 7.92. The summed E-state index contributed by atoms with van der Waals surface area (Å²) in [5.41, 5.74) is 5.13. The van der Waals surface area contributed by atoms with Gasteiger partial charge in [0.15, 0.2) is 0 Å². The lowest BCUT2D eigenvalue weighted by atomic mass is 10.1. The van der Waals surface area contributed by atoms with E-state index >= 15 is 0 Å². The van der Waals surface area contributed by atoms with Crippen LogP contribution in [0.1, 0.15) is 16.7 Å². The number of amides is 1. The van der Waals surface area contributed by atoms with Crippen molar-refractivity contribution in [2.75, 3.05) is 41.4 Å². The Bertz CT molecular complexity index is 912. The molecule has 0 saturated heterocycles. The molecule has 0 aromatic heterocycles. The van der Waals surface area contributed by atoms with Gasteiger partial charge in [-0.25, -0.2) is 8.42 Å². The number of nitrogens with one attached hydrogen (secondary N) is 1. The Morgan fingerprint density at radius 1 is 0.963 bits per heavy atom. The van der Waals surface area contributed by atoms with Crippen LogP contribution in [0.3, 0.4) is 0 Å². The van der Waals surface area contributed by atoms with Crippen molar-refractivity contribution < 1.29 is 13.2 Å². The number of nitrogens with zero attached hydrogens (tertiary/aromatic N) is 2. The second-order valence-electron chi connectivity index (χ2n) is 7.00. The van der Waals surface area contributed by atoms with E-state index < -0.39 is 10.0 Å². The molecule has 0 aliphatic carbocycles. The molecule has 146 valence electrons. The van der Waals surface area contributed by atoms with Gasteiger partial charge in [-0.1, -0.05) is 17.7 Å². The van der Waals surface area contributed by atoms with Crippen molar-refractivity contribution in [1.82, 2.24) is 0 Å². The summed E-state index contributed by atoms with van der Waals surface area (Å²) in [5.74, 6) is -0.382. The lowest BCUT2D eigenvalue weighted by Crippen LogP contribution is -2.37. The first-order valence-electron chi connectivity index (χ1n) is 8.62. The number of carbonyl (C=O) groups is 1. The molecule has 7 heteroatoms. The molecule has 6 nitrogen and oxygen atoms in total. The minimum absolute atomic E-state index is 0.285. The summed E-state index contributed by atoms with van der Waals surface area (Å²) < 4.78 is 25.6. The van der Waals surface area contributed by atoms with Crippen LogP contribution in [0.2, 0.25) is 0 Å². The van der Waals surface area contributed by atoms with Gasteiger partial charge < -0.3 is 10.2 Å². The van der Waals surface area contributed by atoms with E-state index in [0.29, 0.717) is 5.69 Å². The topological polar surface area (TPSA) is 69.7 Å². The third-order valence-corrected chi connectivity index (χ3v) is 5.42. The monoisotopic (exact) mass is 389 g/mol. The molecule has 1 amide bonds. The molecule has 0 bridgehead atoms. The van der Waals surface area contributed by atoms with Gasteiger partial charge in [0, 0.05) is 25.5 Å². The molecule has 0 aliphatic rings. The highest BCUT2D eigenvalue weighted by atomic mass is 32.2. The standard InChI is InChI=1S/C20H27N3O3S/c1-14-11-15(2)20(16(3)12-14)21-19(24)13-23(27(6,25)26)18-9-7-17(8-10-18)22(4)5/h7-12H,13H2,1-6H3,(H,21,24). The molecular weight excluding hydrogens is 362 g/mol. The predicted octanol–water partition coefficient (Wildman–Crippen LogP) is 3.08. The molecule has 2 aromatic carbocycles. The fourth-order valence-corrected chi connectivity index (χ4v) is 3.86. The maximum Gasteiger partial charge on any atom is 0.245 e. The lowest BCUT2D eigenvalue weighted by molar-refractivity contribution is -0.114. The summed E-state index contributed by atoms with van der Waals surface area (Å²) in [5, 5.41) is 2.85. The second kappa shape index (κ2) is 8.00. The SMILES string of the molecule is Cc1cc(C)c(NC(=O)CN(c2ccc(N(C)C)cc2)S(C)(=O)=O)c(C)c1. The summed E-state index contributed by atoms with van der Waals surface area (Å²) in [4.78, 5) is 14.5.